The van der Waals surface area contributed by atoms with Gasteiger partial charge in [-0.1, -0.05) is 6.07 Å². The first-order valence-corrected chi connectivity index (χ1v) is 8.60. The van der Waals surface area contributed by atoms with E-state index in [1.54, 1.807) is 26.5 Å². The molecular weight excluding hydrogens is 354 g/mol. The number of hydrogen-bond acceptors (Lipinski definition) is 7. The molecule has 2 aromatic carbocycles. The third-order valence-electron chi connectivity index (χ3n) is 4.49. The molecule has 0 saturated carbocycles. The molecule has 0 aliphatic heterocycles. The van der Waals surface area contributed by atoms with Gasteiger partial charge in [-0.3, -0.25) is 0 Å². The number of nitrogens with zero attached hydrogens (tertiary/aromatic N) is 3. The van der Waals surface area contributed by atoms with E-state index in [0.29, 0.717) is 23.0 Å². The van der Waals surface area contributed by atoms with Crippen LogP contribution in [0.3, 0.4) is 0 Å². The van der Waals surface area contributed by atoms with Crippen molar-refractivity contribution in [2.24, 2.45) is 0 Å². The Morgan fingerprint density at radius 2 is 1.50 bits per heavy atom. The Morgan fingerprint density at radius 3 is 2.21 bits per heavy atom. The van der Waals surface area contributed by atoms with Crippen molar-refractivity contribution in [3.63, 3.8) is 0 Å². The number of benzene rings is 2. The average Bonchev–Trinajstić information content (AvgIpc) is 2.73. The minimum atomic E-state index is 0.208. The van der Waals surface area contributed by atoms with E-state index < -0.39 is 0 Å². The van der Waals surface area contributed by atoms with Gasteiger partial charge in [0.25, 0.3) is 0 Å². The van der Waals surface area contributed by atoms with Crippen molar-refractivity contribution in [2.45, 2.75) is 0 Å². The maximum absolute atomic E-state index is 5.95. The lowest BCUT2D eigenvalue weighted by Gasteiger charge is -2.12. The standard InChI is InChI=1S/C21H19N5O2/c1-27-17-7-4-13(10-18(17)28-2)20-15-9-12(14-5-8-19(22)24-11-14)3-6-16(15)25-21(23)26-20/h3-11H,1-2H3,(H2,22,24)(H2,23,25,26). The number of hydrogen-bond donors (Lipinski definition) is 2. The lowest BCUT2D eigenvalue weighted by atomic mass is 10.0. The molecule has 0 radical (unpaired) electrons. The van der Waals surface area contributed by atoms with Crippen LogP contribution < -0.4 is 20.9 Å². The number of rotatable bonds is 4. The molecule has 2 heterocycles. The number of nitrogen functional groups attached to an aromatic ring is 2. The molecule has 0 amide bonds. The maximum Gasteiger partial charge on any atom is 0.221 e. The zero-order valence-corrected chi connectivity index (χ0v) is 15.5. The van der Waals surface area contributed by atoms with Crippen LogP contribution in [0.15, 0.2) is 54.7 Å². The van der Waals surface area contributed by atoms with Gasteiger partial charge in [-0.25, -0.2) is 15.0 Å². The average molecular weight is 373 g/mol. The first-order chi connectivity index (χ1) is 13.6. The molecule has 0 bridgehead atoms. The summed E-state index contributed by atoms with van der Waals surface area (Å²) < 4.78 is 10.8. The third kappa shape index (κ3) is 3.14. The first-order valence-electron chi connectivity index (χ1n) is 8.60. The second-order valence-corrected chi connectivity index (χ2v) is 6.20. The summed E-state index contributed by atoms with van der Waals surface area (Å²) in [7, 11) is 3.20. The normalized spacial score (nSPS) is 10.8. The summed E-state index contributed by atoms with van der Waals surface area (Å²) in [4.78, 5) is 13.0. The van der Waals surface area contributed by atoms with Gasteiger partial charge in [0.1, 0.15) is 5.82 Å². The van der Waals surface area contributed by atoms with E-state index in [1.165, 1.54) is 0 Å². The van der Waals surface area contributed by atoms with Gasteiger partial charge in [0.05, 0.1) is 25.4 Å². The second kappa shape index (κ2) is 7.03. The summed E-state index contributed by atoms with van der Waals surface area (Å²) in [5.41, 5.74) is 15.9. The summed E-state index contributed by atoms with van der Waals surface area (Å²) in [6, 6.07) is 15.2. The monoisotopic (exact) mass is 373 g/mol. The van der Waals surface area contributed by atoms with Gasteiger partial charge in [-0.15, -0.1) is 0 Å². The molecule has 28 heavy (non-hydrogen) atoms. The fourth-order valence-corrected chi connectivity index (χ4v) is 3.11. The van der Waals surface area contributed by atoms with Crippen LogP contribution in [0.5, 0.6) is 11.5 Å². The molecule has 4 aromatic rings. The zero-order valence-electron chi connectivity index (χ0n) is 15.5. The van der Waals surface area contributed by atoms with E-state index in [4.69, 9.17) is 20.9 Å². The quantitative estimate of drug-likeness (QED) is 0.563. The smallest absolute Gasteiger partial charge is 0.221 e. The first kappa shape index (κ1) is 17.5. The molecule has 0 saturated heterocycles. The Labute approximate surface area is 162 Å². The van der Waals surface area contributed by atoms with Crippen molar-refractivity contribution in [3.05, 3.63) is 54.7 Å². The molecule has 140 valence electrons. The molecule has 0 aliphatic carbocycles. The topological polar surface area (TPSA) is 109 Å². The van der Waals surface area contributed by atoms with Gasteiger partial charge < -0.3 is 20.9 Å². The molecule has 4 rings (SSSR count). The zero-order chi connectivity index (χ0) is 19.7. The van der Waals surface area contributed by atoms with Crippen LogP contribution in [-0.2, 0) is 0 Å². The molecule has 0 spiro atoms. The van der Waals surface area contributed by atoms with Crippen molar-refractivity contribution in [1.82, 2.24) is 15.0 Å². The van der Waals surface area contributed by atoms with Crippen molar-refractivity contribution >= 4 is 22.7 Å². The molecule has 0 aliphatic rings. The van der Waals surface area contributed by atoms with E-state index in [0.717, 1.165) is 27.6 Å². The summed E-state index contributed by atoms with van der Waals surface area (Å²) in [6.45, 7) is 0. The molecule has 4 N–H and O–H groups in total. The number of fused-ring (bicyclic) bond motifs is 1. The van der Waals surface area contributed by atoms with E-state index in [-0.39, 0.29) is 5.95 Å². The van der Waals surface area contributed by atoms with Gasteiger partial charge in [-0.05, 0) is 48.0 Å². The van der Waals surface area contributed by atoms with Crippen LogP contribution in [-0.4, -0.2) is 29.2 Å². The predicted molar refractivity (Wildman–Crippen MR) is 110 cm³/mol. The molecule has 0 fully saturated rings. The summed E-state index contributed by atoms with van der Waals surface area (Å²) in [5.74, 6) is 1.95. The number of nitrogens with two attached hydrogens (primary N) is 2. The molecule has 0 unspecified atom stereocenters. The number of anilines is 2. The van der Waals surface area contributed by atoms with Crippen molar-refractivity contribution in [1.29, 1.82) is 0 Å². The molecule has 2 aromatic heterocycles. The molecule has 7 nitrogen and oxygen atoms in total. The Bertz CT molecular complexity index is 1160. The van der Waals surface area contributed by atoms with Crippen molar-refractivity contribution in [2.75, 3.05) is 25.7 Å². The predicted octanol–water partition coefficient (Wildman–Crippen LogP) is 3.54. The fraction of sp³-hybridized carbons (Fsp3) is 0.0952. The van der Waals surface area contributed by atoms with Crippen LogP contribution >= 0.6 is 0 Å². The lowest BCUT2D eigenvalue weighted by Crippen LogP contribution is -1.99. The van der Waals surface area contributed by atoms with E-state index in [9.17, 15) is 0 Å². The highest BCUT2D eigenvalue weighted by molar-refractivity contribution is 5.96. The van der Waals surface area contributed by atoms with E-state index in [2.05, 4.69) is 15.0 Å². The highest BCUT2D eigenvalue weighted by Gasteiger charge is 2.13. The summed E-state index contributed by atoms with van der Waals surface area (Å²) >= 11 is 0. The summed E-state index contributed by atoms with van der Waals surface area (Å²) in [6.07, 6.45) is 1.74. The fourth-order valence-electron chi connectivity index (χ4n) is 3.11. The third-order valence-corrected chi connectivity index (χ3v) is 4.49. The lowest BCUT2D eigenvalue weighted by molar-refractivity contribution is 0.355. The summed E-state index contributed by atoms with van der Waals surface area (Å²) in [5, 5.41) is 0.871. The van der Waals surface area contributed by atoms with Crippen LogP contribution in [0.2, 0.25) is 0 Å². The molecule has 7 heteroatoms. The Kier molecular flexibility index (Phi) is 4.41. The van der Waals surface area contributed by atoms with Gasteiger partial charge in [0, 0.05) is 22.7 Å². The van der Waals surface area contributed by atoms with Crippen molar-refractivity contribution in [3.8, 4) is 33.9 Å². The molecular formula is C21H19N5O2. The highest BCUT2D eigenvalue weighted by atomic mass is 16.5. The van der Waals surface area contributed by atoms with Crippen LogP contribution in [0, 0.1) is 0 Å². The Balaban J connectivity index is 1.92. The number of pyridine rings is 1. The highest BCUT2D eigenvalue weighted by Crippen LogP contribution is 2.35. The second-order valence-electron chi connectivity index (χ2n) is 6.20. The SMILES string of the molecule is COc1ccc(-c2nc(N)nc3ccc(-c4ccc(N)nc4)cc23)cc1OC. The van der Waals surface area contributed by atoms with Crippen LogP contribution in [0.4, 0.5) is 11.8 Å². The van der Waals surface area contributed by atoms with Crippen molar-refractivity contribution < 1.29 is 9.47 Å². The van der Waals surface area contributed by atoms with E-state index in [1.807, 2.05) is 42.5 Å². The van der Waals surface area contributed by atoms with Gasteiger partial charge >= 0.3 is 0 Å². The van der Waals surface area contributed by atoms with Gasteiger partial charge in [0.2, 0.25) is 5.95 Å². The van der Waals surface area contributed by atoms with Crippen LogP contribution in [0.25, 0.3) is 33.3 Å². The van der Waals surface area contributed by atoms with Gasteiger partial charge in [0.15, 0.2) is 11.5 Å². The molecule has 0 atom stereocenters. The van der Waals surface area contributed by atoms with E-state index >= 15 is 0 Å². The minimum absolute atomic E-state index is 0.208. The number of ether oxygens (including phenoxy) is 2. The Hall–Kier alpha value is -3.87. The maximum atomic E-state index is 5.95. The van der Waals surface area contributed by atoms with Gasteiger partial charge in [-0.2, -0.15) is 0 Å². The number of aromatic nitrogens is 3. The van der Waals surface area contributed by atoms with Crippen LogP contribution in [0.1, 0.15) is 0 Å². The Morgan fingerprint density at radius 1 is 0.750 bits per heavy atom. The number of methoxy groups -OCH3 is 2. The minimum Gasteiger partial charge on any atom is -0.493 e. The largest absolute Gasteiger partial charge is 0.493 e.